The summed E-state index contributed by atoms with van der Waals surface area (Å²) >= 11 is 6.56. The van der Waals surface area contributed by atoms with Gasteiger partial charge in [0.25, 0.3) is 5.56 Å². The predicted octanol–water partition coefficient (Wildman–Crippen LogP) is 5.78. The van der Waals surface area contributed by atoms with Crippen molar-refractivity contribution < 1.29 is 0 Å². The van der Waals surface area contributed by atoms with E-state index in [9.17, 15) is 4.79 Å². The molecule has 0 radical (unpaired) electrons. The lowest BCUT2D eigenvalue weighted by Gasteiger charge is -2.33. The van der Waals surface area contributed by atoms with Crippen LogP contribution in [0.5, 0.6) is 0 Å². The van der Waals surface area contributed by atoms with E-state index < -0.39 is 0 Å². The van der Waals surface area contributed by atoms with E-state index in [2.05, 4.69) is 66.1 Å². The fourth-order valence-corrected chi connectivity index (χ4v) is 4.61. The van der Waals surface area contributed by atoms with Crippen LogP contribution in [0.15, 0.2) is 53.3 Å². The van der Waals surface area contributed by atoms with Gasteiger partial charge in [-0.15, -0.1) is 5.10 Å². The maximum atomic E-state index is 13.1. The average molecular weight is 493 g/mol. The van der Waals surface area contributed by atoms with Crippen molar-refractivity contribution in [1.82, 2.24) is 30.1 Å². The highest BCUT2D eigenvalue weighted by molar-refractivity contribution is 6.31. The molecule has 0 fully saturated rings. The van der Waals surface area contributed by atoms with Gasteiger partial charge in [0.2, 0.25) is 0 Å². The molecule has 2 aromatic heterocycles. The van der Waals surface area contributed by atoms with Gasteiger partial charge in [-0.3, -0.25) is 9.69 Å². The first-order valence-corrected chi connectivity index (χ1v) is 12.5. The van der Waals surface area contributed by atoms with E-state index in [4.69, 9.17) is 11.6 Å². The molecule has 1 N–H and O–H groups in total. The highest BCUT2D eigenvalue weighted by Crippen LogP contribution is 2.31. The number of hydrogen-bond donors (Lipinski definition) is 1. The molecule has 2 heterocycles. The lowest BCUT2D eigenvalue weighted by molar-refractivity contribution is 0.150. The summed E-state index contributed by atoms with van der Waals surface area (Å²) < 4.78 is 1.93. The van der Waals surface area contributed by atoms with Crippen molar-refractivity contribution in [3.63, 3.8) is 0 Å². The number of nitrogens with one attached hydrogen (secondary N) is 1. The van der Waals surface area contributed by atoms with Gasteiger partial charge >= 0.3 is 0 Å². The Kier molecular flexibility index (Phi) is 7.38. The molecule has 0 saturated carbocycles. The van der Waals surface area contributed by atoms with Crippen LogP contribution in [0.1, 0.15) is 69.1 Å². The summed E-state index contributed by atoms with van der Waals surface area (Å²) in [5, 5.41) is 14.5. The molecule has 2 aromatic carbocycles. The van der Waals surface area contributed by atoms with Crippen molar-refractivity contribution in [2.24, 2.45) is 0 Å². The fraction of sp³-hybridized carbons (Fsp3) is 0.407. The third-order valence-electron chi connectivity index (χ3n) is 6.84. The van der Waals surface area contributed by atoms with Crippen molar-refractivity contribution in [1.29, 1.82) is 0 Å². The third kappa shape index (κ3) is 5.31. The second kappa shape index (κ2) is 10.3. The SMILES string of the molecule is CCC(c1nnnn1C(C)(C)CC)N(Cc1ccccc1Cl)Cc1cc2cc(C)ccc2[nH]c1=O. The molecule has 0 aliphatic heterocycles. The Morgan fingerprint density at radius 1 is 1.09 bits per heavy atom. The minimum absolute atomic E-state index is 0.0890. The number of hydrogen-bond acceptors (Lipinski definition) is 5. The first kappa shape index (κ1) is 25.1. The van der Waals surface area contributed by atoms with E-state index in [0.29, 0.717) is 23.7 Å². The lowest BCUT2D eigenvalue weighted by atomic mass is 10.0. The Morgan fingerprint density at radius 3 is 2.54 bits per heavy atom. The summed E-state index contributed by atoms with van der Waals surface area (Å²) in [6.45, 7) is 11.6. The topological polar surface area (TPSA) is 79.7 Å². The molecule has 1 unspecified atom stereocenters. The normalized spacial score (nSPS) is 13.0. The van der Waals surface area contributed by atoms with E-state index in [-0.39, 0.29) is 17.1 Å². The molecule has 7 nitrogen and oxygen atoms in total. The minimum Gasteiger partial charge on any atom is -0.322 e. The smallest absolute Gasteiger partial charge is 0.252 e. The van der Waals surface area contributed by atoms with E-state index >= 15 is 0 Å². The summed E-state index contributed by atoms with van der Waals surface area (Å²) in [6.07, 6.45) is 1.66. The zero-order valence-corrected chi connectivity index (χ0v) is 21.8. The Labute approximate surface area is 211 Å². The molecule has 8 heteroatoms. The van der Waals surface area contributed by atoms with E-state index in [1.807, 2.05) is 47.1 Å². The number of pyridine rings is 1. The van der Waals surface area contributed by atoms with Gasteiger partial charge in [-0.1, -0.05) is 55.3 Å². The molecule has 4 aromatic rings. The van der Waals surface area contributed by atoms with E-state index in [0.717, 1.165) is 40.7 Å². The highest BCUT2D eigenvalue weighted by Gasteiger charge is 2.31. The number of rotatable bonds is 9. The molecule has 0 saturated heterocycles. The van der Waals surface area contributed by atoms with Gasteiger partial charge in [0.1, 0.15) is 0 Å². The zero-order valence-electron chi connectivity index (χ0n) is 21.0. The maximum Gasteiger partial charge on any atom is 0.252 e. The van der Waals surface area contributed by atoms with Crippen LogP contribution in [0.2, 0.25) is 5.02 Å². The Bertz CT molecular complexity index is 1380. The quantitative estimate of drug-likeness (QED) is 0.320. The number of halogens is 1. The molecule has 4 rings (SSSR count). The number of benzene rings is 2. The number of fused-ring (bicyclic) bond motifs is 1. The average Bonchev–Trinajstić information content (AvgIpc) is 3.32. The number of aryl methyl sites for hydroxylation is 1. The van der Waals surface area contributed by atoms with Crippen LogP contribution in [0.3, 0.4) is 0 Å². The molecule has 0 aliphatic carbocycles. The number of aromatic nitrogens is 5. The molecule has 0 amide bonds. The lowest BCUT2D eigenvalue weighted by Crippen LogP contribution is -2.36. The van der Waals surface area contributed by atoms with Gasteiger partial charge in [0, 0.05) is 29.2 Å². The zero-order chi connectivity index (χ0) is 25.2. The van der Waals surface area contributed by atoms with Gasteiger partial charge in [0.15, 0.2) is 5.82 Å². The number of aromatic amines is 1. The highest BCUT2D eigenvalue weighted by atomic mass is 35.5. The molecule has 184 valence electrons. The van der Waals surface area contributed by atoms with Crippen LogP contribution in [0.4, 0.5) is 0 Å². The van der Waals surface area contributed by atoms with Crippen molar-refractivity contribution in [2.45, 2.75) is 72.1 Å². The number of H-pyrrole nitrogens is 1. The third-order valence-corrected chi connectivity index (χ3v) is 7.21. The van der Waals surface area contributed by atoms with Crippen molar-refractivity contribution in [2.75, 3.05) is 0 Å². The van der Waals surface area contributed by atoms with Gasteiger partial charge in [-0.2, -0.15) is 0 Å². The van der Waals surface area contributed by atoms with Crippen molar-refractivity contribution in [3.05, 3.63) is 86.4 Å². The van der Waals surface area contributed by atoms with Crippen molar-refractivity contribution >= 4 is 22.5 Å². The largest absolute Gasteiger partial charge is 0.322 e. The Hall–Kier alpha value is -3.03. The molecular formula is C27H33ClN6O. The fourth-order valence-electron chi connectivity index (χ4n) is 4.42. The Balaban J connectivity index is 1.80. The van der Waals surface area contributed by atoms with E-state index in [1.54, 1.807) is 0 Å². The van der Waals surface area contributed by atoms with Crippen LogP contribution in [0, 0.1) is 6.92 Å². The number of nitrogens with zero attached hydrogens (tertiary/aromatic N) is 5. The van der Waals surface area contributed by atoms with Crippen LogP contribution < -0.4 is 5.56 Å². The molecule has 0 spiro atoms. The minimum atomic E-state index is -0.236. The first-order chi connectivity index (χ1) is 16.7. The van der Waals surface area contributed by atoms with Crippen LogP contribution >= 0.6 is 11.6 Å². The summed E-state index contributed by atoms with van der Waals surface area (Å²) in [4.78, 5) is 18.4. The van der Waals surface area contributed by atoms with Gasteiger partial charge in [0.05, 0.1) is 11.6 Å². The van der Waals surface area contributed by atoms with E-state index in [1.165, 1.54) is 0 Å². The summed E-state index contributed by atoms with van der Waals surface area (Å²) in [7, 11) is 0. The first-order valence-electron chi connectivity index (χ1n) is 12.1. The molecule has 35 heavy (non-hydrogen) atoms. The van der Waals surface area contributed by atoms with Gasteiger partial charge < -0.3 is 4.98 Å². The molecular weight excluding hydrogens is 460 g/mol. The van der Waals surface area contributed by atoms with Crippen LogP contribution in [-0.2, 0) is 18.6 Å². The summed E-state index contributed by atoms with van der Waals surface area (Å²) in [5.74, 6) is 0.791. The second-order valence-corrected chi connectivity index (χ2v) is 10.2. The van der Waals surface area contributed by atoms with Gasteiger partial charge in [-0.05, 0) is 79.3 Å². The second-order valence-electron chi connectivity index (χ2n) is 9.75. The Morgan fingerprint density at radius 2 is 1.83 bits per heavy atom. The summed E-state index contributed by atoms with van der Waals surface area (Å²) in [6, 6.07) is 15.8. The predicted molar refractivity (Wildman–Crippen MR) is 140 cm³/mol. The molecule has 0 bridgehead atoms. The van der Waals surface area contributed by atoms with Gasteiger partial charge in [-0.25, -0.2) is 4.68 Å². The van der Waals surface area contributed by atoms with Crippen LogP contribution in [0.25, 0.3) is 10.9 Å². The van der Waals surface area contributed by atoms with Crippen molar-refractivity contribution in [3.8, 4) is 0 Å². The maximum absolute atomic E-state index is 13.1. The molecule has 0 aliphatic rings. The number of tetrazole rings is 1. The molecule has 1 atom stereocenters. The summed E-state index contributed by atoms with van der Waals surface area (Å²) in [5.41, 5.74) is 3.35. The van der Waals surface area contributed by atoms with Crippen LogP contribution in [-0.4, -0.2) is 30.1 Å². The monoisotopic (exact) mass is 492 g/mol. The standard InChI is InChI=1S/C27H33ClN6O/c1-6-24(25-30-31-32-34(25)27(4,5)7-2)33(16-19-10-8-9-11-22(19)28)17-21-15-20-14-18(3)12-13-23(20)29-26(21)35/h8-15,24H,6-7,16-17H2,1-5H3,(H,29,35).